The Morgan fingerprint density at radius 3 is 2.29 bits per heavy atom. The van der Waals surface area contributed by atoms with E-state index in [0.29, 0.717) is 0 Å². The monoisotopic (exact) mass is 421 g/mol. The molecule has 1 amide bonds. The lowest BCUT2D eigenvalue weighted by Crippen LogP contribution is -2.36. The fraction of sp³-hybridized carbons (Fsp3) is 0.240. The molecule has 0 bridgehead atoms. The molecule has 0 saturated carbocycles. The van der Waals surface area contributed by atoms with Crippen molar-refractivity contribution in [3.8, 4) is 11.1 Å². The number of carbonyl (C=O) groups excluding carboxylic acids is 1. The van der Waals surface area contributed by atoms with Crippen molar-refractivity contribution in [3.63, 3.8) is 0 Å². The van der Waals surface area contributed by atoms with Crippen molar-refractivity contribution in [1.29, 1.82) is 0 Å². The van der Waals surface area contributed by atoms with Gasteiger partial charge >= 0.3 is 6.09 Å². The summed E-state index contributed by atoms with van der Waals surface area (Å²) in [4.78, 5) is 12.2. The first-order chi connectivity index (χ1) is 15.0. The number of nitrogens with one attached hydrogen (secondary N) is 1. The minimum atomic E-state index is -1.46. The van der Waals surface area contributed by atoms with E-state index in [9.17, 15) is 19.4 Å². The van der Waals surface area contributed by atoms with Gasteiger partial charge in [0.2, 0.25) is 0 Å². The van der Waals surface area contributed by atoms with Gasteiger partial charge in [0.05, 0.1) is 0 Å². The zero-order valence-corrected chi connectivity index (χ0v) is 17.1. The number of amides is 1. The maximum Gasteiger partial charge on any atom is 0.407 e. The summed E-state index contributed by atoms with van der Waals surface area (Å²) < 4.78 is 19.3. The van der Waals surface area contributed by atoms with E-state index in [2.05, 4.69) is 17.4 Å². The predicted octanol–water partition coefficient (Wildman–Crippen LogP) is 4.07. The molecule has 1 aliphatic rings. The number of carbonyl (C=O) groups is 1. The highest BCUT2D eigenvalue weighted by molar-refractivity contribution is 5.79. The zero-order chi connectivity index (χ0) is 22.0. The molecular formula is C25H24FNO4. The Morgan fingerprint density at radius 1 is 1.03 bits per heavy atom. The number of ether oxygens (including phenoxy) is 1. The minimum absolute atomic E-state index is 0.0122. The van der Waals surface area contributed by atoms with Crippen molar-refractivity contribution in [2.24, 2.45) is 0 Å². The number of rotatable bonds is 6. The summed E-state index contributed by atoms with van der Waals surface area (Å²) in [6, 6.07) is 20.3. The Morgan fingerprint density at radius 2 is 1.65 bits per heavy atom. The van der Waals surface area contributed by atoms with Crippen molar-refractivity contribution >= 4 is 6.09 Å². The summed E-state index contributed by atoms with van der Waals surface area (Å²) in [5.41, 5.74) is 5.20. The number of benzene rings is 3. The first-order valence-electron chi connectivity index (χ1n) is 10.2. The quantitative estimate of drug-likeness (QED) is 0.561. The molecule has 5 nitrogen and oxygen atoms in total. The number of aryl methyl sites for hydroxylation is 1. The number of aliphatic hydroxyl groups is 2. The summed E-state index contributed by atoms with van der Waals surface area (Å²) in [7, 11) is 0. The third-order valence-corrected chi connectivity index (χ3v) is 5.63. The second-order valence-electron chi connectivity index (χ2n) is 7.74. The van der Waals surface area contributed by atoms with Gasteiger partial charge in [-0.25, -0.2) is 9.18 Å². The van der Waals surface area contributed by atoms with Gasteiger partial charge in [-0.05, 0) is 35.2 Å². The average molecular weight is 421 g/mol. The third kappa shape index (κ3) is 4.31. The Hall–Kier alpha value is -3.22. The first kappa shape index (κ1) is 21.0. The topological polar surface area (TPSA) is 78.8 Å². The minimum Gasteiger partial charge on any atom is -0.449 e. The SMILES string of the molecule is Cc1ccc(F)c(C(O)C(O)CNC(=O)OCC2c3ccccc3-c3ccccc32)c1. The van der Waals surface area contributed by atoms with Crippen molar-refractivity contribution in [2.75, 3.05) is 13.2 Å². The van der Waals surface area contributed by atoms with E-state index < -0.39 is 24.1 Å². The molecule has 3 aromatic rings. The van der Waals surface area contributed by atoms with Gasteiger partial charge in [0.25, 0.3) is 0 Å². The molecule has 31 heavy (non-hydrogen) atoms. The highest BCUT2D eigenvalue weighted by Gasteiger charge is 2.29. The first-order valence-corrected chi connectivity index (χ1v) is 10.2. The summed E-state index contributed by atoms with van der Waals surface area (Å²) in [5, 5.41) is 22.9. The normalized spacial score (nSPS) is 14.5. The molecule has 0 saturated heterocycles. The van der Waals surface area contributed by atoms with E-state index in [0.717, 1.165) is 27.8 Å². The van der Waals surface area contributed by atoms with E-state index >= 15 is 0 Å². The van der Waals surface area contributed by atoms with Gasteiger partial charge in [0.15, 0.2) is 0 Å². The molecule has 0 spiro atoms. The van der Waals surface area contributed by atoms with E-state index in [1.165, 1.54) is 12.1 Å². The van der Waals surface area contributed by atoms with Gasteiger partial charge in [-0.3, -0.25) is 0 Å². The van der Waals surface area contributed by atoms with E-state index in [-0.39, 0.29) is 24.6 Å². The van der Waals surface area contributed by atoms with Crippen LogP contribution in [0.15, 0.2) is 66.7 Å². The van der Waals surface area contributed by atoms with Crippen LogP contribution in [-0.4, -0.2) is 35.6 Å². The molecule has 0 heterocycles. The van der Waals surface area contributed by atoms with Crippen molar-refractivity contribution in [3.05, 3.63) is 94.8 Å². The summed E-state index contributed by atoms with van der Waals surface area (Å²) in [5.74, 6) is -0.687. The lowest BCUT2D eigenvalue weighted by Gasteiger charge is -2.20. The van der Waals surface area contributed by atoms with Crippen molar-refractivity contribution < 1.29 is 24.1 Å². The molecule has 2 atom stereocenters. The van der Waals surface area contributed by atoms with Crippen LogP contribution < -0.4 is 5.32 Å². The number of halogens is 1. The Labute approximate surface area is 180 Å². The highest BCUT2D eigenvalue weighted by atomic mass is 19.1. The molecule has 4 rings (SSSR count). The molecule has 0 radical (unpaired) electrons. The standard InChI is InChI=1S/C25H24FNO4/c1-15-10-11-22(26)20(12-15)24(29)23(28)13-27-25(30)31-14-21-18-8-4-2-6-16(18)17-7-3-5-9-19(17)21/h2-12,21,23-24,28-29H,13-14H2,1H3,(H,27,30). The molecule has 6 heteroatoms. The van der Waals surface area contributed by atoms with Gasteiger partial charge < -0.3 is 20.3 Å². The summed E-state index contributed by atoms with van der Waals surface area (Å²) in [6.07, 6.45) is -3.55. The second kappa shape index (κ2) is 8.88. The molecule has 160 valence electrons. The maximum atomic E-state index is 13.9. The number of aliphatic hydroxyl groups excluding tert-OH is 2. The van der Waals surface area contributed by atoms with Crippen LogP contribution in [0, 0.1) is 12.7 Å². The van der Waals surface area contributed by atoms with Crippen LogP contribution in [0.2, 0.25) is 0 Å². The van der Waals surface area contributed by atoms with Crippen LogP contribution >= 0.6 is 0 Å². The van der Waals surface area contributed by atoms with Crippen molar-refractivity contribution in [1.82, 2.24) is 5.32 Å². The molecule has 0 aliphatic heterocycles. The fourth-order valence-corrected chi connectivity index (χ4v) is 4.05. The van der Waals surface area contributed by atoms with Gasteiger partial charge in [0.1, 0.15) is 24.6 Å². The van der Waals surface area contributed by atoms with Gasteiger partial charge in [0, 0.05) is 18.0 Å². The molecule has 3 aromatic carbocycles. The lowest BCUT2D eigenvalue weighted by molar-refractivity contribution is 0.0165. The van der Waals surface area contributed by atoms with Crippen LogP contribution in [0.5, 0.6) is 0 Å². The van der Waals surface area contributed by atoms with Crippen LogP contribution in [0.3, 0.4) is 0 Å². The van der Waals surface area contributed by atoms with Crippen LogP contribution in [0.1, 0.15) is 34.3 Å². The van der Waals surface area contributed by atoms with Crippen LogP contribution in [-0.2, 0) is 4.74 Å². The number of hydrogen-bond acceptors (Lipinski definition) is 4. The van der Waals surface area contributed by atoms with Gasteiger partial charge in [-0.1, -0.05) is 66.2 Å². The molecular weight excluding hydrogens is 397 g/mol. The lowest BCUT2D eigenvalue weighted by atomic mass is 9.98. The Balaban J connectivity index is 1.35. The van der Waals surface area contributed by atoms with Crippen LogP contribution in [0.25, 0.3) is 11.1 Å². The molecule has 3 N–H and O–H groups in total. The van der Waals surface area contributed by atoms with E-state index in [1.807, 2.05) is 36.4 Å². The second-order valence-corrected chi connectivity index (χ2v) is 7.74. The summed E-state index contributed by atoms with van der Waals surface area (Å²) >= 11 is 0. The molecule has 0 aromatic heterocycles. The number of hydrogen-bond donors (Lipinski definition) is 3. The van der Waals surface area contributed by atoms with E-state index in [1.54, 1.807) is 13.0 Å². The fourth-order valence-electron chi connectivity index (χ4n) is 4.05. The third-order valence-electron chi connectivity index (χ3n) is 5.63. The Bertz CT molecular complexity index is 1050. The van der Waals surface area contributed by atoms with Crippen molar-refractivity contribution in [2.45, 2.75) is 25.0 Å². The van der Waals surface area contributed by atoms with Crippen LogP contribution in [0.4, 0.5) is 9.18 Å². The largest absolute Gasteiger partial charge is 0.449 e. The summed E-state index contributed by atoms with van der Waals surface area (Å²) in [6.45, 7) is 1.63. The van der Waals surface area contributed by atoms with E-state index in [4.69, 9.17) is 4.74 Å². The zero-order valence-electron chi connectivity index (χ0n) is 17.1. The van der Waals surface area contributed by atoms with Gasteiger partial charge in [-0.2, -0.15) is 0 Å². The molecule has 0 fully saturated rings. The molecule has 1 aliphatic carbocycles. The number of alkyl carbamates (subject to hydrolysis) is 1. The molecule has 2 unspecified atom stereocenters. The highest BCUT2D eigenvalue weighted by Crippen LogP contribution is 2.44. The van der Waals surface area contributed by atoms with Gasteiger partial charge in [-0.15, -0.1) is 0 Å². The predicted molar refractivity (Wildman–Crippen MR) is 115 cm³/mol. The smallest absolute Gasteiger partial charge is 0.407 e. The number of fused-ring (bicyclic) bond motifs is 3. The average Bonchev–Trinajstić information content (AvgIpc) is 3.11. The Kier molecular flexibility index (Phi) is 6.02. The maximum absolute atomic E-state index is 13.9.